The Kier molecular flexibility index (Phi) is 3.91. The number of fused-ring (bicyclic) bond motifs is 1. The molecule has 0 aromatic heterocycles. The third-order valence-corrected chi connectivity index (χ3v) is 4.62. The van der Waals surface area contributed by atoms with Gasteiger partial charge in [-0.2, -0.15) is 0 Å². The van der Waals surface area contributed by atoms with Crippen molar-refractivity contribution >= 4 is 0 Å². The smallest absolute Gasteiger partial charge is 0.0623 e. The number of aliphatic hydroxyl groups excluding tert-OH is 2. The van der Waals surface area contributed by atoms with E-state index in [9.17, 15) is 10.2 Å². The van der Waals surface area contributed by atoms with Crippen molar-refractivity contribution < 1.29 is 10.2 Å². The van der Waals surface area contributed by atoms with E-state index >= 15 is 0 Å². The Morgan fingerprint density at radius 2 is 1.81 bits per heavy atom. The summed E-state index contributed by atoms with van der Waals surface area (Å²) >= 11 is 0. The second kappa shape index (κ2) is 5.05. The Morgan fingerprint density at radius 1 is 1.06 bits per heavy atom. The van der Waals surface area contributed by atoms with E-state index < -0.39 is 0 Å². The van der Waals surface area contributed by atoms with Gasteiger partial charge in [-0.3, -0.25) is 0 Å². The highest BCUT2D eigenvalue weighted by atomic mass is 16.3. The lowest BCUT2D eigenvalue weighted by Gasteiger charge is -2.30. The van der Waals surface area contributed by atoms with Crippen molar-refractivity contribution in [2.24, 2.45) is 23.7 Å². The van der Waals surface area contributed by atoms with Gasteiger partial charge in [-0.15, -0.1) is 0 Å². The summed E-state index contributed by atoms with van der Waals surface area (Å²) in [6, 6.07) is 0. The minimum atomic E-state index is -0.257. The van der Waals surface area contributed by atoms with Gasteiger partial charge in [0.2, 0.25) is 0 Å². The molecule has 2 heteroatoms. The van der Waals surface area contributed by atoms with Crippen LogP contribution < -0.4 is 0 Å². The molecule has 16 heavy (non-hydrogen) atoms. The molecule has 2 fully saturated rings. The average Bonchev–Trinajstić information content (AvgIpc) is 2.49. The van der Waals surface area contributed by atoms with E-state index in [2.05, 4.69) is 13.8 Å². The lowest BCUT2D eigenvalue weighted by molar-refractivity contribution is -0.0186. The van der Waals surface area contributed by atoms with Crippen molar-refractivity contribution in [2.75, 3.05) is 0 Å². The van der Waals surface area contributed by atoms with Gasteiger partial charge in [0.25, 0.3) is 0 Å². The van der Waals surface area contributed by atoms with Crippen LogP contribution in [-0.4, -0.2) is 22.4 Å². The minimum absolute atomic E-state index is 0.172. The molecular formula is C14H26O2. The molecule has 2 rings (SSSR count). The summed E-state index contributed by atoms with van der Waals surface area (Å²) in [5.74, 6) is 1.82. The van der Waals surface area contributed by atoms with Crippen LogP contribution in [0.5, 0.6) is 0 Å². The first kappa shape index (κ1) is 12.4. The zero-order valence-corrected chi connectivity index (χ0v) is 10.6. The molecule has 2 aliphatic carbocycles. The summed E-state index contributed by atoms with van der Waals surface area (Å²) in [6.07, 6.45) is 6.24. The third kappa shape index (κ3) is 2.43. The lowest BCUT2D eigenvalue weighted by atomic mass is 9.81. The highest BCUT2D eigenvalue weighted by Crippen LogP contribution is 2.44. The molecule has 94 valence electrons. The van der Waals surface area contributed by atoms with E-state index in [1.165, 1.54) is 12.8 Å². The first-order valence-electron chi connectivity index (χ1n) is 6.95. The Morgan fingerprint density at radius 3 is 2.50 bits per heavy atom. The Hall–Kier alpha value is -0.0800. The van der Waals surface area contributed by atoms with Crippen LogP contribution in [0.15, 0.2) is 0 Å². The largest absolute Gasteiger partial charge is 0.393 e. The third-order valence-electron chi connectivity index (χ3n) is 4.62. The predicted octanol–water partition coefficient (Wildman–Crippen LogP) is 2.58. The summed E-state index contributed by atoms with van der Waals surface area (Å²) in [7, 11) is 0. The zero-order chi connectivity index (χ0) is 11.7. The molecule has 0 aromatic carbocycles. The van der Waals surface area contributed by atoms with Crippen LogP contribution in [0.25, 0.3) is 0 Å². The maximum absolute atomic E-state index is 10.5. The van der Waals surface area contributed by atoms with Crippen molar-refractivity contribution in [3.8, 4) is 0 Å². The van der Waals surface area contributed by atoms with Gasteiger partial charge < -0.3 is 10.2 Å². The average molecular weight is 226 g/mol. The molecule has 5 unspecified atom stereocenters. The quantitative estimate of drug-likeness (QED) is 0.760. The number of rotatable bonds is 2. The topological polar surface area (TPSA) is 40.5 Å². The van der Waals surface area contributed by atoms with Crippen LogP contribution in [0.4, 0.5) is 0 Å². The van der Waals surface area contributed by atoms with Crippen LogP contribution >= 0.6 is 0 Å². The van der Waals surface area contributed by atoms with Gasteiger partial charge in [0.15, 0.2) is 0 Å². The molecule has 0 heterocycles. The van der Waals surface area contributed by atoms with Gasteiger partial charge in [0.05, 0.1) is 12.2 Å². The molecule has 2 nitrogen and oxygen atoms in total. The first-order chi connectivity index (χ1) is 7.59. The van der Waals surface area contributed by atoms with Crippen molar-refractivity contribution in [3.05, 3.63) is 0 Å². The SMILES string of the molecule is CC(C)CC1CCCC2CCC(O)C2C1O. The normalized spacial score (nSPS) is 44.4. The fraction of sp³-hybridized carbons (Fsp3) is 1.00. The lowest BCUT2D eigenvalue weighted by Crippen LogP contribution is -2.36. The summed E-state index contributed by atoms with van der Waals surface area (Å²) in [4.78, 5) is 0. The van der Waals surface area contributed by atoms with Crippen LogP contribution in [0, 0.1) is 23.7 Å². The van der Waals surface area contributed by atoms with E-state index in [4.69, 9.17) is 0 Å². The molecule has 0 radical (unpaired) electrons. The van der Waals surface area contributed by atoms with Crippen LogP contribution in [0.2, 0.25) is 0 Å². The molecule has 0 bridgehead atoms. The summed E-state index contributed by atoms with van der Waals surface area (Å²) in [6.45, 7) is 4.44. The van der Waals surface area contributed by atoms with E-state index in [1.54, 1.807) is 0 Å². The molecule has 0 aliphatic heterocycles. The molecule has 0 saturated heterocycles. The molecule has 5 atom stereocenters. The number of hydrogen-bond acceptors (Lipinski definition) is 2. The van der Waals surface area contributed by atoms with Crippen molar-refractivity contribution in [1.29, 1.82) is 0 Å². The van der Waals surface area contributed by atoms with Crippen molar-refractivity contribution in [1.82, 2.24) is 0 Å². The maximum atomic E-state index is 10.5. The molecule has 2 aliphatic rings. The summed E-state index contributed by atoms with van der Waals surface area (Å²) in [5, 5.41) is 20.5. The van der Waals surface area contributed by atoms with Crippen LogP contribution in [0.3, 0.4) is 0 Å². The van der Waals surface area contributed by atoms with Gasteiger partial charge in [0, 0.05) is 5.92 Å². The summed E-state index contributed by atoms with van der Waals surface area (Å²) < 4.78 is 0. The monoisotopic (exact) mass is 226 g/mol. The van der Waals surface area contributed by atoms with Crippen molar-refractivity contribution in [2.45, 2.75) is 64.6 Å². The highest BCUT2D eigenvalue weighted by Gasteiger charge is 2.43. The maximum Gasteiger partial charge on any atom is 0.0623 e. The predicted molar refractivity (Wildman–Crippen MR) is 65.0 cm³/mol. The standard InChI is InChI=1S/C14H26O2/c1-9(2)8-11-5-3-4-10-6-7-12(15)13(10)14(11)16/h9-16H,3-8H2,1-2H3. The molecule has 2 saturated carbocycles. The van der Waals surface area contributed by atoms with Gasteiger partial charge in [0.1, 0.15) is 0 Å². The first-order valence-corrected chi connectivity index (χ1v) is 6.95. The van der Waals surface area contributed by atoms with Crippen LogP contribution in [0.1, 0.15) is 52.4 Å². The Balaban J connectivity index is 2.06. The van der Waals surface area contributed by atoms with Crippen LogP contribution in [-0.2, 0) is 0 Å². The number of hydrogen-bond donors (Lipinski definition) is 2. The van der Waals surface area contributed by atoms with Gasteiger partial charge in [-0.25, -0.2) is 0 Å². The molecular weight excluding hydrogens is 200 g/mol. The number of aliphatic hydroxyl groups is 2. The summed E-state index contributed by atoms with van der Waals surface area (Å²) in [5.41, 5.74) is 0. The van der Waals surface area contributed by atoms with Crippen molar-refractivity contribution in [3.63, 3.8) is 0 Å². The van der Waals surface area contributed by atoms with E-state index in [1.807, 2.05) is 0 Å². The zero-order valence-electron chi connectivity index (χ0n) is 10.6. The molecule has 0 spiro atoms. The van der Waals surface area contributed by atoms with E-state index in [0.717, 1.165) is 25.7 Å². The Labute approximate surface area is 99.1 Å². The second-order valence-electron chi connectivity index (χ2n) is 6.29. The molecule has 0 amide bonds. The van der Waals surface area contributed by atoms with Gasteiger partial charge in [-0.05, 0) is 49.9 Å². The minimum Gasteiger partial charge on any atom is -0.393 e. The fourth-order valence-corrected chi connectivity index (χ4v) is 3.92. The van der Waals surface area contributed by atoms with E-state index in [0.29, 0.717) is 17.8 Å². The highest BCUT2D eigenvalue weighted by molar-refractivity contribution is 4.93. The molecule has 2 N–H and O–H groups in total. The fourth-order valence-electron chi connectivity index (χ4n) is 3.92. The van der Waals surface area contributed by atoms with E-state index in [-0.39, 0.29) is 18.1 Å². The Bertz CT molecular complexity index is 227. The molecule has 0 aromatic rings. The van der Waals surface area contributed by atoms with Gasteiger partial charge in [-0.1, -0.05) is 20.3 Å². The van der Waals surface area contributed by atoms with Gasteiger partial charge >= 0.3 is 0 Å². The second-order valence-corrected chi connectivity index (χ2v) is 6.29.